The van der Waals surface area contributed by atoms with Crippen LogP contribution in [0, 0.1) is 6.92 Å². The quantitative estimate of drug-likeness (QED) is 0.732. The number of aryl methyl sites for hydroxylation is 1. The first kappa shape index (κ1) is 14.6. The van der Waals surface area contributed by atoms with Crippen molar-refractivity contribution in [3.63, 3.8) is 0 Å². The van der Waals surface area contributed by atoms with Gasteiger partial charge in [-0.25, -0.2) is 0 Å². The molecule has 0 radical (unpaired) electrons. The molecule has 4 heteroatoms. The summed E-state index contributed by atoms with van der Waals surface area (Å²) in [5.41, 5.74) is 7.94. The van der Waals surface area contributed by atoms with E-state index in [1.807, 2.05) is 32.0 Å². The maximum absolute atomic E-state index is 10.3. The topological polar surface area (TPSA) is 71.2 Å². The molecule has 2 rings (SSSR count). The Balaban J connectivity index is 2.31. The number of nitrogens with two attached hydrogens (primary N) is 1. The van der Waals surface area contributed by atoms with Crippen molar-refractivity contribution in [3.05, 3.63) is 30.1 Å². The molecule has 1 unspecified atom stereocenters. The molecular formula is C16H23N3O. The molecule has 0 bridgehead atoms. The van der Waals surface area contributed by atoms with Gasteiger partial charge in [-0.2, -0.15) is 0 Å². The molecule has 0 aliphatic heterocycles. The minimum Gasteiger partial charge on any atom is -0.398 e. The van der Waals surface area contributed by atoms with Gasteiger partial charge in [-0.3, -0.25) is 4.98 Å². The zero-order valence-corrected chi connectivity index (χ0v) is 12.4. The second kappa shape index (κ2) is 5.67. The molecule has 0 saturated heterocycles. The second-order valence-electron chi connectivity index (χ2n) is 5.67. The number of nitrogens with one attached hydrogen (secondary N) is 1. The fourth-order valence-electron chi connectivity index (χ4n) is 2.43. The average Bonchev–Trinajstić information content (AvgIpc) is 2.38. The molecule has 1 atom stereocenters. The monoisotopic (exact) mass is 273 g/mol. The summed E-state index contributed by atoms with van der Waals surface area (Å²) < 4.78 is 0. The number of hydrogen-bond donors (Lipinski definition) is 3. The lowest BCUT2D eigenvalue weighted by Gasteiger charge is -2.24. The molecule has 1 aromatic heterocycles. The highest BCUT2D eigenvalue weighted by atomic mass is 16.3. The number of nitrogen functional groups attached to an aromatic ring is 1. The highest BCUT2D eigenvalue weighted by Gasteiger charge is 2.19. The number of hydrogen-bond acceptors (Lipinski definition) is 4. The normalized spacial score (nSPS) is 14.2. The Hall–Kier alpha value is -1.81. The van der Waals surface area contributed by atoms with E-state index in [9.17, 15) is 5.11 Å². The molecule has 4 N–H and O–H groups in total. The predicted molar refractivity (Wildman–Crippen MR) is 84.9 cm³/mol. The number of nitrogens with zero attached hydrogens (tertiary/aromatic N) is 1. The zero-order valence-electron chi connectivity index (χ0n) is 12.4. The summed E-state index contributed by atoms with van der Waals surface area (Å²) in [4.78, 5) is 4.29. The van der Waals surface area contributed by atoms with Gasteiger partial charge in [-0.1, -0.05) is 13.3 Å². The highest BCUT2D eigenvalue weighted by molar-refractivity contribution is 6.00. The van der Waals surface area contributed by atoms with Gasteiger partial charge in [0.1, 0.15) is 0 Å². The standard InChI is InChI=1S/C16H23N3O/c1-4-7-16(3,20)10-19-15-6-5-14(17)13-9-18-11(2)8-12(13)15/h5-6,8-9,19-20H,4,7,10,17H2,1-3H3. The van der Waals surface area contributed by atoms with Gasteiger partial charge in [0, 0.05) is 40.6 Å². The third-order valence-electron chi connectivity index (χ3n) is 3.52. The van der Waals surface area contributed by atoms with Gasteiger partial charge in [0.25, 0.3) is 0 Å². The Bertz CT molecular complexity index is 608. The second-order valence-corrected chi connectivity index (χ2v) is 5.67. The predicted octanol–water partition coefficient (Wildman–Crippen LogP) is 3.09. The smallest absolute Gasteiger partial charge is 0.0791 e. The molecule has 0 amide bonds. The van der Waals surface area contributed by atoms with Crippen LogP contribution in [0.2, 0.25) is 0 Å². The van der Waals surface area contributed by atoms with Crippen LogP contribution < -0.4 is 11.1 Å². The van der Waals surface area contributed by atoms with Crippen molar-refractivity contribution in [1.82, 2.24) is 4.98 Å². The number of aliphatic hydroxyl groups is 1. The minimum absolute atomic E-state index is 0.515. The van der Waals surface area contributed by atoms with Gasteiger partial charge in [0.15, 0.2) is 0 Å². The number of aromatic nitrogens is 1. The van der Waals surface area contributed by atoms with Crippen LogP contribution in [0.25, 0.3) is 10.8 Å². The summed E-state index contributed by atoms with van der Waals surface area (Å²) in [6.07, 6.45) is 3.53. The molecular weight excluding hydrogens is 250 g/mol. The van der Waals surface area contributed by atoms with Gasteiger partial charge < -0.3 is 16.2 Å². The van der Waals surface area contributed by atoms with Crippen LogP contribution in [-0.4, -0.2) is 22.2 Å². The van der Waals surface area contributed by atoms with E-state index in [1.54, 1.807) is 6.20 Å². The van der Waals surface area contributed by atoms with Crippen molar-refractivity contribution >= 4 is 22.1 Å². The molecule has 0 aliphatic carbocycles. The largest absolute Gasteiger partial charge is 0.398 e. The van der Waals surface area contributed by atoms with Gasteiger partial charge in [-0.15, -0.1) is 0 Å². The fourth-order valence-corrected chi connectivity index (χ4v) is 2.43. The van der Waals surface area contributed by atoms with Crippen LogP contribution in [-0.2, 0) is 0 Å². The highest BCUT2D eigenvalue weighted by Crippen LogP contribution is 2.29. The first-order chi connectivity index (χ1) is 9.43. The van der Waals surface area contributed by atoms with Crippen LogP contribution >= 0.6 is 0 Å². The lowest BCUT2D eigenvalue weighted by Crippen LogP contribution is -2.33. The van der Waals surface area contributed by atoms with E-state index >= 15 is 0 Å². The van der Waals surface area contributed by atoms with E-state index in [0.29, 0.717) is 6.54 Å². The molecule has 1 aromatic carbocycles. The lowest BCUT2D eigenvalue weighted by atomic mass is 10.0. The number of rotatable bonds is 5. The van der Waals surface area contributed by atoms with Crippen molar-refractivity contribution in [1.29, 1.82) is 0 Å². The zero-order chi connectivity index (χ0) is 14.8. The molecule has 0 spiro atoms. The summed E-state index contributed by atoms with van der Waals surface area (Å²) in [7, 11) is 0. The molecule has 108 valence electrons. The molecule has 20 heavy (non-hydrogen) atoms. The van der Waals surface area contributed by atoms with E-state index in [1.165, 1.54) is 0 Å². The third-order valence-corrected chi connectivity index (χ3v) is 3.52. The molecule has 4 nitrogen and oxygen atoms in total. The van der Waals surface area contributed by atoms with E-state index < -0.39 is 5.60 Å². The SMILES string of the molecule is CCCC(C)(O)CNc1ccc(N)c2cnc(C)cc12. The van der Waals surface area contributed by atoms with Gasteiger partial charge in [0.05, 0.1) is 5.60 Å². The van der Waals surface area contributed by atoms with Crippen LogP contribution in [0.4, 0.5) is 11.4 Å². The minimum atomic E-state index is -0.704. The first-order valence-electron chi connectivity index (χ1n) is 7.04. The summed E-state index contributed by atoms with van der Waals surface area (Å²) in [5, 5.41) is 15.6. The van der Waals surface area contributed by atoms with Crippen molar-refractivity contribution in [2.45, 2.75) is 39.2 Å². The summed E-state index contributed by atoms with van der Waals surface area (Å²) in [5.74, 6) is 0. The van der Waals surface area contributed by atoms with E-state index in [-0.39, 0.29) is 0 Å². The average molecular weight is 273 g/mol. The maximum Gasteiger partial charge on any atom is 0.0791 e. The number of anilines is 2. The Morgan fingerprint density at radius 3 is 2.80 bits per heavy atom. The van der Waals surface area contributed by atoms with Crippen molar-refractivity contribution in [2.24, 2.45) is 0 Å². The van der Waals surface area contributed by atoms with Crippen LogP contribution in [0.3, 0.4) is 0 Å². The fraction of sp³-hybridized carbons (Fsp3) is 0.438. The Kier molecular flexibility index (Phi) is 4.14. The van der Waals surface area contributed by atoms with Crippen LogP contribution in [0.15, 0.2) is 24.4 Å². The van der Waals surface area contributed by atoms with Crippen molar-refractivity contribution in [2.75, 3.05) is 17.6 Å². The number of benzene rings is 1. The van der Waals surface area contributed by atoms with Crippen LogP contribution in [0.5, 0.6) is 0 Å². The first-order valence-corrected chi connectivity index (χ1v) is 7.04. The molecule has 2 aromatic rings. The molecule has 0 aliphatic rings. The summed E-state index contributed by atoms with van der Waals surface area (Å²) >= 11 is 0. The number of pyridine rings is 1. The Morgan fingerprint density at radius 2 is 2.10 bits per heavy atom. The van der Waals surface area contributed by atoms with Crippen LogP contribution in [0.1, 0.15) is 32.4 Å². The van der Waals surface area contributed by atoms with E-state index in [0.717, 1.165) is 40.7 Å². The Labute approximate surface area is 120 Å². The van der Waals surface area contributed by atoms with Gasteiger partial charge in [0.2, 0.25) is 0 Å². The molecule has 0 fully saturated rings. The van der Waals surface area contributed by atoms with Gasteiger partial charge >= 0.3 is 0 Å². The van der Waals surface area contributed by atoms with Crippen molar-refractivity contribution in [3.8, 4) is 0 Å². The van der Waals surface area contributed by atoms with E-state index in [4.69, 9.17) is 5.73 Å². The molecule has 1 heterocycles. The summed E-state index contributed by atoms with van der Waals surface area (Å²) in [6.45, 7) is 6.40. The maximum atomic E-state index is 10.3. The van der Waals surface area contributed by atoms with E-state index in [2.05, 4.69) is 17.2 Å². The summed E-state index contributed by atoms with van der Waals surface area (Å²) in [6, 6.07) is 5.85. The van der Waals surface area contributed by atoms with Crippen molar-refractivity contribution < 1.29 is 5.11 Å². The lowest BCUT2D eigenvalue weighted by molar-refractivity contribution is 0.0637. The van der Waals surface area contributed by atoms with Gasteiger partial charge in [-0.05, 0) is 38.5 Å². The third kappa shape index (κ3) is 3.20. The molecule has 0 saturated carbocycles. The number of fused-ring (bicyclic) bond motifs is 1. The Morgan fingerprint density at radius 1 is 1.35 bits per heavy atom.